The summed E-state index contributed by atoms with van der Waals surface area (Å²) in [5.41, 5.74) is 3.37. The van der Waals surface area contributed by atoms with E-state index < -0.39 is 0 Å². The predicted octanol–water partition coefficient (Wildman–Crippen LogP) is 1.74. The lowest BCUT2D eigenvalue weighted by Crippen LogP contribution is -2.25. The molecule has 102 valence electrons. The van der Waals surface area contributed by atoms with Crippen molar-refractivity contribution in [1.29, 1.82) is 0 Å². The van der Waals surface area contributed by atoms with Gasteiger partial charge in [-0.25, -0.2) is 0 Å². The van der Waals surface area contributed by atoms with Gasteiger partial charge in [0, 0.05) is 24.9 Å². The zero-order valence-electron chi connectivity index (χ0n) is 11.4. The maximum Gasteiger partial charge on any atom is 0.161 e. The first-order valence-corrected chi connectivity index (χ1v) is 6.53. The van der Waals surface area contributed by atoms with Crippen LogP contribution in [0.5, 0.6) is 11.5 Å². The highest BCUT2D eigenvalue weighted by Gasteiger charge is 2.18. The van der Waals surface area contributed by atoms with Crippen LogP contribution >= 0.6 is 12.2 Å². The molecule has 0 saturated heterocycles. The second kappa shape index (κ2) is 5.93. The minimum absolute atomic E-state index is 0.699. The molecule has 0 unspecified atom stereocenters. The Morgan fingerprint density at radius 1 is 1.32 bits per heavy atom. The van der Waals surface area contributed by atoms with Crippen LogP contribution < -0.4 is 20.1 Å². The molecule has 0 atom stereocenters. The van der Waals surface area contributed by atoms with Gasteiger partial charge >= 0.3 is 0 Å². The van der Waals surface area contributed by atoms with Gasteiger partial charge in [-0.15, -0.1) is 0 Å². The summed E-state index contributed by atoms with van der Waals surface area (Å²) in [7, 11) is 5.11. The summed E-state index contributed by atoms with van der Waals surface area (Å²) >= 11 is 5.19. The monoisotopic (exact) mass is 278 g/mol. The summed E-state index contributed by atoms with van der Waals surface area (Å²) in [6.45, 7) is 0.890. The van der Waals surface area contributed by atoms with Crippen molar-refractivity contribution in [2.24, 2.45) is 0 Å². The Morgan fingerprint density at radius 2 is 2.00 bits per heavy atom. The summed E-state index contributed by atoms with van der Waals surface area (Å²) in [4.78, 5) is 0.699. The fraction of sp³-hybridized carbons (Fsp3) is 0.357. The highest BCUT2D eigenvalue weighted by Crippen LogP contribution is 2.34. The Bertz CT molecular complexity index is 526. The second-order valence-electron chi connectivity index (χ2n) is 4.21. The molecule has 1 heterocycles. The van der Waals surface area contributed by atoms with Crippen molar-refractivity contribution in [3.63, 3.8) is 0 Å². The molecule has 1 aliphatic heterocycles. The SMILES string of the molecule is CNC(=S)/C=C1\NCCc2cc(OC)c(OC)cc21. The second-order valence-corrected chi connectivity index (χ2v) is 4.65. The van der Waals surface area contributed by atoms with Gasteiger partial charge in [-0.2, -0.15) is 0 Å². The van der Waals surface area contributed by atoms with E-state index >= 15 is 0 Å². The Balaban J connectivity index is 2.49. The van der Waals surface area contributed by atoms with Crippen molar-refractivity contribution in [2.75, 3.05) is 27.8 Å². The van der Waals surface area contributed by atoms with Crippen molar-refractivity contribution in [3.05, 3.63) is 29.3 Å². The third kappa shape index (κ3) is 2.81. The van der Waals surface area contributed by atoms with E-state index in [-0.39, 0.29) is 0 Å². The smallest absolute Gasteiger partial charge is 0.161 e. The van der Waals surface area contributed by atoms with Crippen LogP contribution in [0.25, 0.3) is 5.70 Å². The number of thiocarbonyl (C=S) groups is 1. The van der Waals surface area contributed by atoms with Gasteiger partial charge in [-0.3, -0.25) is 0 Å². The Morgan fingerprint density at radius 3 is 2.63 bits per heavy atom. The summed E-state index contributed by atoms with van der Waals surface area (Å²) in [6.07, 6.45) is 2.89. The predicted molar refractivity (Wildman–Crippen MR) is 80.9 cm³/mol. The largest absolute Gasteiger partial charge is 0.493 e. The standard InChI is InChI=1S/C14H18N2O2S/c1-15-14(19)8-11-10-7-13(18-3)12(17-2)6-9(10)4-5-16-11/h6-8,16H,4-5H2,1-3H3,(H,15,19)/b11-8-. The lowest BCUT2D eigenvalue weighted by Gasteiger charge is -2.23. The van der Waals surface area contributed by atoms with Crippen LogP contribution in [0.4, 0.5) is 0 Å². The molecule has 0 amide bonds. The summed E-state index contributed by atoms with van der Waals surface area (Å²) < 4.78 is 10.7. The molecular weight excluding hydrogens is 260 g/mol. The number of benzene rings is 1. The first-order valence-electron chi connectivity index (χ1n) is 6.12. The topological polar surface area (TPSA) is 42.5 Å². The van der Waals surface area contributed by atoms with Crippen LogP contribution in [0.2, 0.25) is 0 Å². The van der Waals surface area contributed by atoms with E-state index in [0.717, 1.165) is 35.7 Å². The van der Waals surface area contributed by atoms with Crippen molar-refractivity contribution in [3.8, 4) is 11.5 Å². The number of fused-ring (bicyclic) bond motifs is 1. The molecule has 19 heavy (non-hydrogen) atoms. The minimum atomic E-state index is 0.699. The van der Waals surface area contributed by atoms with Gasteiger partial charge in [0.1, 0.15) is 4.99 Å². The Kier molecular flexibility index (Phi) is 4.27. The molecular formula is C14H18N2O2S. The number of rotatable bonds is 3. The molecule has 0 bridgehead atoms. The Hall–Kier alpha value is -1.75. The molecule has 2 rings (SSSR count). The Labute approximate surface area is 118 Å². The molecule has 0 saturated carbocycles. The highest BCUT2D eigenvalue weighted by molar-refractivity contribution is 7.80. The van der Waals surface area contributed by atoms with Crippen LogP contribution in [0.3, 0.4) is 0 Å². The van der Waals surface area contributed by atoms with Crippen LogP contribution in [0.1, 0.15) is 11.1 Å². The molecule has 1 aliphatic rings. The van der Waals surface area contributed by atoms with Gasteiger partial charge in [0.05, 0.1) is 14.2 Å². The van der Waals surface area contributed by atoms with Crippen LogP contribution in [0.15, 0.2) is 18.2 Å². The van der Waals surface area contributed by atoms with Crippen LogP contribution in [0, 0.1) is 0 Å². The average Bonchev–Trinajstić information content (AvgIpc) is 2.45. The van der Waals surface area contributed by atoms with Gasteiger partial charge in [0.2, 0.25) is 0 Å². The van der Waals surface area contributed by atoms with Crippen LogP contribution in [-0.4, -0.2) is 32.8 Å². The molecule has 0 aliphatic carbocycles. The van der Waals surface area contributed by atoms with Crippen molar-refractivity contribution >= 4 is 22.9 Å². The third-order valence-electron chi connectivity index (χ3n) is 3.13. The quantitative estimate of drug-likeness (QED) is 0.651. The highest BCUT2D eigenvalue weighted by atomic mass is 32.1. The van der Waals surface area contributed by atoms with Crippen molar-refractivity contribution < 1.29 is 9.47 Å². The first kappa shape index (κ1) is 13.7. The number of hydrogen-bond donors (Lipinski definition) is 2. The van der Waals surface area contributed by atoms with Crippen LogP contribution in [-0.2, 0) is 6.42 Å². The molecule has 0 aromatic heterocycles. The van der Waals surface area contributed by atoms with E-state index in [1.807, 2.05) is 25.3 Å². The normalized spacial score (nSPS) is 15.4. The number of ether oxygens (including phenoxy) is 2. The maximum absolute atomic E-state index is 5.35. The zero-order valence-corrected chi connectivity index (χ0v) is 12.2. The van der Waals surface area contributed by atoms with Crippen molar-refractivity contribution in [2.45, 2.75) is 6.42 Å². The zero-order chi connectivity index (χ0) is 13.8. The summed E-state index contributed by atoms with van der Waals surface area (Å²) in [6, 6.07) is 4.02. The molecule has 0 fully saturated rings. The van der Waals surface area contributed by atoms with Gasteiger partial charge < -0.3 is 20.1 Å². The fourth-order valence-electron chi connectivity index (χ4n) is 2.14. The summed E-state index contributed by atoms with van der Waals surface area (Å²) in [5.74, 6) is 1.49. The molecule has 0 spiro atoms. The van der Waals surface area contributed by atoms with E-state index in [1.165, 1.54) is 5.56 Å². The minimum Gasteiger partial charge on any atom is -0.493 e. The van der Waals surface area contributed by atoms with E-state index in [0.29, 0.717) is 4.99 Å². The molecule has 0 radical (unpaired) electrons. The van der Waals surface area contributed by atoms with E-state index in [9.17, 15) is 0 Å². The van der Waals surface area contributed by atoms with Gasteiger partial charge in [-0.1, -0.05) is 12.2 Å². The molecule has 1 aromatic rings. The number of nitrogens with one attached hydrogen (secondary N) is 2. The first-order chi connectivity index (χ1) is 9.19. The molecule has 2 N–H and O–H groups in total. The fourth-order valence-corrected chi connectivity index (χ4v) is 2.26. The van der Waals surface area contributed by atoms with Gasteiger partial charge in [-0.05, 0) is 30.2 Å². The van der Waals surface area contributed by atoms with E-state index in [4.69, 9.17) is 21.7 Å². The molecule has 5 heteroatoms. The number of hydrogen-bond acceptors (Lipinski definition) is 4. The van der Waals surface area contributed by atoms with E-state index in [2.05, 4.69) is 10.6 Å². The number of likely N-dealkylation sites (N-methyl/N-ethyl adjacent to an activating group) is 1. The average molecular weight is 278 g/mol. The van der Waals surface area contributed by atoms with E-state index in [1.54, 1.807) is 14.2 Å². The van der Waals surface area contributed by atoms with Gasteiger partial charge in [0.25, 0.3) is 0 Å². The van der Waals surface area contributed by atoms with Gasteiger partial charge in [0.15, 0.2) is 11.5 Å². The molecule has 1 aromatic carbocycles. The lowest BCUT2D eigenvalue weighted by molar-refractivity contribution is 0.354. The summed E-state index contributed by atoms with van der Waals surface area (Å²) in [5, 5.41) is 6.32. The third-order valence-corrected chi connectivity index (χ3v) is 3.45. The maximum atomic E-state index is 5.35. The molecule has 4 nitrogen and oxygen atoms in total. The lowest BCUT2D eigenvalue weighted by atomic mass is 9.97. The van der Waals surface area contributed by atoms with Crippen molar-refractivity contribution in [1.82, 2.24) is 10.6 Å². The number of methoxy groups -OCH3 is 2.